The van der Waals surface area contributed by atoms with E-state index in [1.165, 1.54) is 24.3 Å². The zero-order valence-corrected chi connectivity index (χ0v) is 9.84. The van der Waals surface area contributed by atoms with Crippen molar-refractivity contribution in [3.05, 3.63) is 0 Å². The van der Waals surface area contributed by atoms with E-state index in [9.17, 15) is 4.79 Å². The number of thioether (sulfide) groups is 1. The molecule has 3 nitrogen and oxygen atoms in total. The second-order valence-electron chi connectivity index (χ2n) is 4.52. The van der Waals surface area contributed by atoms with Crippen LogP contribution in [0.4, 0.5) is 0 Å². The molecule has 1 atom stereocenters. The topological polar surface area (TPSA) is 40.5 Å². The molecule has 0 aromatic carbocycles. The molecule has 4 heteroatoms. The summed E-state index contributed by atoms with van der Waals surface area (Å²) < 4.78 is 0. The van der Waals surface area contributed by atoms with Crippen molar-refractivity contribution in [2.24, 2.45) is 5.92 Å². The zero-order chi connectivity index (χ0) is 10.7. The van der Waals surface area contributed by atoms with E-state index in [1.807, 2.05) is 11.8 Å². The fourth-order valence-corrected chi connectivity index (χ4v) is 3.67. The molecule has 0 aliphatic carbocycles. The van der Waals surface area contributed by atoms with Crippen LogP contribution in [-0.2, 0) is 4.79 Å². The molecular weight excluding hydrogens is 210 g/mol. The summed E-state index contributed by atoms with van der Waals surface area (Å²) >= 11 is 2.03. The Bertz CT molecular complexity index is 229. The molecule has 0 saturated carbocycles. The van der Waals surface area contributed by atoms with Crippen molar-refractivity contribution in [1.29, 1.82) is 0 Å². The van der Waals surface area contributed by atoms with E-state index in [1.54, 1.807) is 0 Å². The van der Waals surface area contributed by atoms with Gasteiger partial charge in [0.25, 0.3) is 0 Å². The third-order valence-corrected chi connectivity index (χ3v) is 4.56. The number of hydrogen-bond acceptors (Lipinski definition) is 3. The molecule has 0 unspecified atom stereocenters. The minimum absolute atomic E-state index is 0.117. The average Bonchev–Trinajstić information content (AvgIpc) is 2.30. The van der Waals surface area contributed by atoms with Crippen LogP contribution in [0.3, 0.4) is 0 Å². The van der Waals surface area contributed by atoms with Gasteiger partial charge in [-0.1, -0.05) is 0 Å². The summed E-state index contributed by atoms with van der Waals surface area (Å²) in [6.07, 6.45) is 4.42. The lowest BCUT2D eigenvalue weighted by Crippen LogP contribution is -2.46. The molecule has 0 radical (unpaired) electrons. The van der Waals surface area contributed by atoms with Crippen molar-refractivity contribution in [3.8, 4) is 0 Å². The molecule has 0 bridgehead atoms. The van der Waals surface area contributed by atoms with Crippen LogP contribution in [0.1, 0.15) is 25.7 Å². The van der Waals surface area contributed by atoms with E-state index in [4.69, 9.17) is 5.11 Å². The zero-order valence-electron chi connectivity index (χ0n) is 9.02. The summed E-state index contributed by atoms with van der Waals surface area (Å²) in [4.78, 5) is 13.4. The third kappa shape index (κ3) is 2.88. The van der Waals surface area contributed by atoms with Crippen molar-refractivity contribution < 1.29 is 9.90 Å². The fraction of sp³-hybridized carbons (Fsp3) is 0.909. The number of hydrogen-bond donors (Lipinski definition) is 1. The van der Waals surface area contributed by atoms with Crippen molar-refractivity contribution >= 4 is 17.7 Å². The van der Waals surface area contributed by atoms with Gasteiger partial charge in [0.05, 0.1) is 5.92 Å². The van der Waals surface area contributed by atoms with E-state index in [0.717, 1.165) is 25.9 Å². The molecule has 2 aliphatic rings. The van der Waals surface area contributed by atoms with Gasteiger partial charge in [-0.05, 0) is 43.7 Å². The molecule has 15 heavy (non-hydrogen) atoms. The Balaban J connectivity index is 1.88. The Morgan fingerprint density at radius 1 is 1.27 bits per heavy atom. The van der Waals surface area contributed by atoms with Gasteiger partial charge in [-0.15, -0.1) is 0 Å². The predicted molar refractivity (Wildman–Crippen MR) is 62.3 cm³/mol. The van der Waals surface area contributed by atoms with Crippen LogP contribution in [0.2, 0.25) is 0 Å². The molecule has 1 N–H and O–H groups in total. The van der Waals surface area contributed by atoms with Crippen LogP contribution >= 0.6 is 11.8 Å². The maximum Gasteiger partial charge on any atom is 0.307 e. The molecule has 0 amide bonds. The van der Waals surface area contributed by atoms with Crippen LogP contribution in [0.25, 0.3) is 0 Å². The van der Waals surface area contributed by atoms with Crippen LogP contribution in [0, 0.1) is 5.92 Å². The summed E-state index contributed by atoms with van der Waals surface area (Å²) in [7, 11) is 0. The van der Waals surface area contributed by atoms with Gasteiger partial charge in [0.2, 0.25) is 0 Å². The van der Waals surface area contributed by atoms with Gasteiger partial charge < -0.3 is 5.11 Å². The first-order valence-electron chi connectivity index (χ1n) is 5.82. The van der Waals surface area contributed by atoms with E-state index < -0.39 is 5.97 Å². The monoisotopic (exact) mass is 229 g/mol. The van der Waals surface area contributed by atoms with Gasteiger partial charge in [-0.3, -0.25) is 9.69 Å². The molecule has 2 aliphatic heterocycles. The lowest BCUT2D eigenvalue weighted by atomic mass is 9.95. The largest absolute Gasteiger partial charge is 0.481 e. The van der Waals surface area contributed by atoms with E-state index in [-0.39, 0.29) is 5.92 Å². The van der Waals surface area contributed by atoms with Crippen LogP contribution in [-0.4, -0.2) is 46.6 Å². The summed E-state index contributed by atoms with van der Waals surface area (Å²) in [6, 6.07) is 0.661. The van der Waals surface area contributed by atoms with E-state index in [2.05, 4.69) is 4.90 Å². The quantitative estimate of drug-likeness (QED) is 0.782. The maximum atomic E-state index is 11.0. The Labute approximate surface area is 95.2 Å². The van der Waals surface area contributed by atoms with Crippen LogP contribution in [0.5, 0.6) is 0 Å². The standard InChI is InChI=1S/C11H19NO2S/c13-11(14)9-2-1-5-12(8-9)10-3-6-15-7-4-10/h9-10H,1-8H2,(H,13,14)/t9-/m1/s1. The van der Waals surface area contributed by atoms with Gasteiger partial charge in [0.15, 0.2) is 0 Å². The molecule has 86 valence electrons. The summed E-state index contributed by atoms with van der Waals surface area (Å²) in [5, 5.41) is 9.02. The predicted octanol–water partition coefficient (Wildman–Crippen LogP) is 1.68. The number of likely N-dealkylation sites (tertiary alicyclic amines) is 1. The number of aliphatic carboxylic acids is 1. The summed E-state index contributed by atoms with van der Waals surface area (Å²) in [6.45, 7) is 1.89. The molecule has 2 saturated heterocycles. The van der Waals surface area contributed by atoms with Crippen LogP contribution < -0.4 is 0 Å². The van der Waals surface area contributed by atoms with E-state index >= 15 is 0 Å². The molecule has 0 aromatic heterocycles. The number of piperidine rings is 1. The third-order valence-electron chi connectivity index (χ3n) is 3.51. The molecule has 0 spiro atoms. The van der Waals surface area contributed by atoms with Crippen molar-refractivity contribution in [2.45, 2.75) is 31.7 Å². The van der Waals surface area contributed by atoms with Crippen LogP contribution in [0.15, 0.2) is 0 Å². The van der Waals surface area contributed by atoms with Gasteiger partial charge in [-0.2, -0.15) is 11.8 Å². The highest BCUT2D eigenvalue weighted by Gasteiger charge is 2.30. The minimum Gasteiger partial charge on any atom is -0.481 e. The number of carboxylic acid groups (broad SMARTS) is 1. The lowest BCUT2D eigenvalue weighted by molar-refractivity contribution is -0.144. The first-order valence-corrected chi connectivity index (χ1v) is 6.97. The second-order valence-corrected chi connectivity index (χ2v) is 5.74. The Kier molecular flexibility index (Phi) is 3.92. The summed E-state index contributed by atoms with van der Waals surface area (Å²) in [5.41, 5.74) is 0. The summed E-state index contributed by atoms with van der Waals surface area (Å²) in [5.74, 6) is 1.77. The SMILES string of the molecule is O=C(O)[C@@H]1CCCN(C2CCSCC2)C1. The first kappa shape index (κ1) is 11.3. The number of rotatable bonds is 2. The molecule has 2 heterocycles. The van der Waals surface area contributed by atoms with Crippen molar-refractivity contribution in [2.75, 3.05) is 24.6 Å². The second kappa shape index (κ2) is 5.21. The highest BCUT2D eigenvalue weighted by molar-refractivity contribution is 7.99. The number of carboxylic acids is 1. The lowest BCUT2D eigenvalue weighted by Gasteiger charge is -2.38. The maximum absolute atomic E-state index is 11.0. The Hall–Kier alpha value is -0.220. The molecule has 2 rings (SSSR count). The highest BCUT2D eigenvalue weighted by Crippen LogP contribution is 2.26. The number of carbonyl (C=O) groups is 1. The smallest absolute Gasteiger partial charge is 0.307 e. The average molecular weight is 229 g/mol. The normalized spacial score (nSPS) is 30.3. The molecular formula is C11H19NO2S. The van der Waals surface area contributed by atoms with Crippen molar-refractivity contribution in [3.63, 3.8) is 0 Å². The van der Waals surface area contributed by atoms with Gasteiger partial charge in [0.1, 0.15) is 0 Å². The molecule has 2 fully saturated rings. The van der Waals surface area contributed by atoms with Crippen molar-refractivity contribution in [1.82, 2.24) is 4.90 Å². The van der Waals surface area contributed by atoms with Gasteiger partial charge >= 0.3 is 5.97 Å². The highest BCUT2D eigenvalue weighted by atomic mass is 32.2. The van der Waals surface area contributed by atoms with Gasteiger partial charge in [0, 0.05) is 12.6 Å². The van der Waals surface area contributed by atoms with E-state index in [0.29, 0.717) is 6.04 Å². The first-order chi connectivity index (χ1) is 7.27. The minimum atomic E-state index is -0.607. The molecule has 0 aromatic rings. The number of nitrogens with zero attached hydrogens (tertiary/aromatic N) is 1. The van der Waals surface area contributed by atoms with Gasteiger partial charge in [-0.25, -0.2) is 0 Å². The fourth-order valence-electron chi connectivity index (χ4n) is 2.59. The Morgan fingerprint density at radius 3 is 2.67 bits per heavy atom. The Morgan fingerprint density at radius 2 is 2.00 bits per heavy atom.